The lowest BCUT2D eigenvalue weighted by Gasteiger charge is -1.96. The molecule has 2 aromatic rings. The molecule has 17 heavy (non-hydrogen) atoms. The molecule has 0 radical (unpaired) electrons. The molecule has 96 valence electrons. The molecule has 3 nitrogen and oxygen atoms in total. The van der Waals surface area contributed by atoms with Gasteiger partial charge in [-0.3, -0.25) is 0 Å². The Kier molecular flexibility index (Phi) is 7.89. The molecule has 0 bridgehead atoms. The monoisotopic (exact) mass is 238 g/mol. The number of rotatable bonds is 2. The van der Waals surface area contributed by atoms with Crippen molar-refractivity contribution in [2.45, 2.75) is 34.3 Å². The number of ether oxygens (including phenoxy) is 1. The average molecular weight is 238 g/mol. The maximum Gasteiger partial charge on any atom is 0.134 e. The molecule has 1 aromatic heterocycles. The van der Waals surface area contributed by atoms with E-state index >= 15 is 0 Å². The predicted octanol–water partition coefficient (Wildman–Crippen LogP) is 3.99. The second-order valence-electron chi connectivity index (χ2n) is 2.77. The van der Waals surface area contributed by atoms with Crippen LogP contribution in [0.5, 0.6) is 5.75 Å². The molecule has 1 N–H and O–H groups in total. The highest BCUT2D eigenvalue weighted by Crippen LogP contribution is 2.23. The van der Waals surface area contributed by atoms with Crippen LogP contribution in [0.15, 0.2) is 28.7 Å². The van der Waals surface area contributed by atoms with Gasteiger partial charge >= 0.3 is 0 Å². The second kappa shape index (κ2) is 8.65. The smallest absolute Gasteiger partial charge is 0.134 e. The molecule has 1 aromatic carbocycles. The standard InChI is InChI=1S/C10H10O3.2C2H6/c1-12-8-2-3-10-7(4-8)5-9(6-11)13-10;2*1-2/h2-5,11H,6H2,1H3;2*1-2H3. The van der Waals surface area contributed by atoms with Crippen molar-refractivity contribution in [2.75, 3.05) is 7.11 Å². The molecule has 2 rings (SSSR count). The van der Waals surface area contributed by atoms with E-state index < -0.39 is 0 Å². The predicted molar refractivity (Wildman–Crippen MR) is 71.4 cm³/mol. The molecule has 0 aliphatic carbocycles. The summed E-state index contributed by atoms with van der Waals surface area (Å²) < 4.78 is 10.4. The highest BCUT2D eigenvalue weighted by Gasteiger charge is 2.03. The number of aliphatic hydroxyl groups is 1. The quantitative estimate of drug-likeness (QED) is 0.860. The van der Waals surface area contributed by atoms with Gasteiger partial charge in [0, 0.05) is 5.39 Å². The molecule has 0 aliphatic heterocycles. The lowest BCUT2D eigenvalue weighted by molar-refractivity contribution is 0.251. The van der Waals surface area contributed by atoms with Gasteiger partial charge in [-0.2, -0.15) is 0 Å². The lowest BCUT2D eigenvalue weighted by Crippen LogP contribution is -1.79. The van der Waals surface area contributed by atoms with Crippen LogP contribution in [0.2, 0.25) is 0 Å². The van der Waals surface area contributed by atoms with E-state index in [1.165, 1.54) is 0 Å². The number of hydrogen-bond acceptors (Lipinski definition) is 3. The van der Waals surface area contributed by atoms with Crippen LogP contribution < -0.4 is 4.74 Å². The largest absolute Gasteiger partial charge is 0.497 e. The maximum atomic E-state index is 8.84. The van der Waals surface area contributed by atoms with Crippen LogP contribution in [0.25, 0.3) is 11.0 Å². The fraction of sp³-hybridized carbons (Fsp3) is 0.429. The minimum Gasteiger partial charge on any atom is -0.497 e. The first-order valence-corrected chi connectivity index (χ1v) is 6.01. The van der Waals surface area contributed by atoms with Crippen LogP contribution in [0.1, 0.15) is 33.5 Å². The van der Waals surface area contributed by atoms with Crippen LogP contribution in [0.4, 0.5) is 0 Å². The third-order valence-electron chi connectivity index (χ3n) is 1.93. The molecule has 0 unspecified atom stereocenters. The summed E-state index contributed by atoms with van der Waals surface area (Å²) in [6, 6.07) is 7.33. The summed E-state index contributed by atoms with van der Waals surface area (Å²) in [7, 11) is 1.62. The van der Waals surface area contributed by atoms with Crippen molar-refractivity contribution < 1.29 is 14.3 Å². The number of furan rings is 1. The summed E-state index contributed by atoms with van der Waals surface area (Å²) in [5.74, 6) is 1.36. The summed E-state index contributed by atoms with van der Waals surface area (Å²) in [6.07, 6.45) is 0. The molecule has 0 aliphatic rings. The van der Waals surface area contributed by atoms with Crippen molar-refractivity contribution in [2.24, 2.45) is 0 Å². The second-order valence-corrected chi connectivity index (χ2v) is 2.77. The van der Waals surface area contributed by atoms with E-state index in [1.54, 1.807) is 13.2 Å². The van der Waals surface area contributed by atoms with Crippen molar-refractivity contribution in [3.05, 3.63) is 30.0 Å². The SMILES string of the molecule is CC.CC.COc1ccc2oc(CO)cc2c1. The van der Waals surface area contributed by atoms with E-state index in [1.807, 2.05) is 45.9 Å². The normalized spacial score (nSPS) is 8.82. The summed E-state index contributed by atoms with van der Waals surface area (Å²) in [5.41, 5.74) is 0.768. The van der Waals surface area contributed by atoms with Crippen LogP contribution in [0.3, 0.4) is 0 Å². The van der Waals surface area contributed by atoms with Gasteiger partial charge in [0.1, 0.15) is 23.7 Å². The van der Waals surface area contributed by atoms with E-state index in [-0.39, 0.29) is 6.61 Å². The van der Waals surface area contributed by atoms with Crippen molar-refractivity contribution in [3.8, 4) is 5.75 Å². The Morgan fingerprint density at radius 2 is 1.76 bits per heavy atom. The van der Waals surface area contributed by atoms with Gasteiger partial charge in [-0.05, 0) is 24.3 Å². The molecule has 0 amide bonds. The fourth-order valence-electron chi connectivity index (χ4n) is 1.28. The first kappa shape index (κ1) is 15.5. The van der Waals surface area contributed by atoms with Crippen LogP contribution in [-0.2, 0) is 6.61 Å². The highest BCUT2D eigenvalue weighted by molar-refractivity contribution is 5.79. The molecule has 1 heterocycles. The van der Waals surface area contributed by atoms with Crippen LogP contribution in [-0.4, -0.2) is 12.2 Å². The topological polar surface area (TPSA) is 42.6 Å². The Morgan fingerprint density at radius 3 is 2.29 bits per heavy atom. The fourth-order valence-corrected chi connectivity index (χ4v) is 1.28. The zero-order valence-electron chi connectivity index (χ0n) is 11.3. The molecular formula is C14H22O3. The number of methoxy groups -OCH3 is 1. The molecule has 3 heteroatoms. The average Bonchev–Trinajstić information content (AvgIpc) is 2.85. The van der Waals surface area contributed by atoms with E-state index in [0.717, 1.165) is 16.7 Å². The van der Waals surface area contributed by atoms with Gasteiger partial charge in [-0.15, -0.1) is 0 Å². The third-order valence-corrected chi connectivity index (χ3v) is 1.93. The van der Waals surface area contributed by atoms with Gasteiger partial charge < -0.3 is 14.3 Å². The van der Waals surface area contributed by atoms with Gasteiger partial charge in [0.05, 0.1) is 7.11 Å². The maximum absolute atomic E-state index is 8.84. The first-order chi connectivity index (χ1) is 8.33. The van der Waals surface area contributed by atoms with Crippen molar-refractivity contribution in [3.63, 3.8) is 0 Å². The van der Waals surface area contributed by atoms with Gasteiger partial charge in [-0.25, -0.2) is 0 Å². The van der Waals surface area contributed by atoms with Gasteiger partial charge in [0.2, 0.25) is 0 Å². The molecule has 0 spiro atoms. The minimum absolute atomic E-state index is 0.0724. The number of benzene rings is 1. The zero-order chi connectivity index (χ0) is 13.3. The third kappa shape index (κ3) is 4.11. The van der Waals surface area contributed by atoms with Crippen molar-refractivity contribution in [1.82, 2.24) is 0 Å². The van der Waals surface area contributed by atoms with E-state index in [4.69, 9.17) is 14.3 Å². The van der Waals surface area contributed by atoms with Gasteiger partial charge in [-0.1, -0.05) is 27.7 Å². The van der Waals surface area contributed by atoms with E-state index in [2.05, 4.69) is 0 Å². The summed E-state index contributed by atoms with van der Waals surface area (Å²) in [5, 5.41) is 9.79. The Balaban J connectivity index is 0.000000581. The molecule has 0 fully saturated rings. The highest BCUT2D eigenvalue weighted by atomic mass is 16.5. The minimum atomic E-state index is -0.0724. The Labute approximate surface area is 103 Å². The van der Waals surface area contributed by atoms with Crippen molar-refractivity contribution >= 4 is 11.0 Å². The lowest BCUT2D eigenvalue weighted by atomic mass is 10.2. The van der Waals surface area contributed by atoms with E-state index in [0.29, 0.717) is 5.76 Å². The number of hydrogen-bond donors (Lipinski definition) is 1. The van der Waals surface area contributed by atoms with Crippen molar-refractivity contribution in [1.29, 1.82) is 0 Å². The molecule has 0 saturated heterocycles. The Hall–Kier alpha value is -1.48. The molecule has 0 atom stereocenters. The number of fused-ring (bicyclic) bond motifs is 1. The zero-order valence-corrected chi connectivity index (χ0v) is 11.3. The van der Waals surface area contributed by atoms with Crippen LogP contribution >= 0.6 is 0 Å². The first-order valence-electron chi connectivity index (χ1n) is 6.01. The van der Waals surface area contributed by atoms with Gasteiger partial charge in [0.15, 0.2) is 0 Å². The summed E-state index contributed by atoms with van der Waals surface area (Å²) in [6.45, 7) is 7.93. The van der Waals surface area contributed by atoms with E-state index in [9.17, 15) is 0 Å². The van der Waals surface area contributed by atoms with Crippen LogP contribution in [0, 0.1) is 0 Å². The molecular weight excluding hydrogens is 216 g/mol. The molecule has 0 saturated carbocycles. The summed E-state index contributed by atoms with van der Waals surface area (Å²) in [4.78, 5) is 0. The Morgan fingerprint density at radius 1 is 1.12 bits per heavy atom. The number of aliphatic hydroxyl groups excluding tert-OH is 1. The van der Waals surface area contributed by atoms with Gasteiger partial charge in [0.25, 0.3) is 0 Å². The Bertz CT molecular complexity index is 416. The summed E-state index contributed by atoms with van der Waals surface area (Å²) >= 11 is 0.